The Labute approximate surface area is 185 Å². The maximum Gasteiger partial charge on any atom is 0.269 e. The van der Waals surface area contributed by atoms with Crippen LogP contribution in [0.25, 0.3) is 11.4 Å². The molecule has 2 aromatic heterocycles. The summed E-state index contributed by atoms with van der Waals surface area (Å²) in [6.45, 7) is 7.65. The van der Waals surface area contributed by atoms with Gasteiger partial charge in [0.1, 0.15) is 17.2 Å². The molecule has 0 saturated carbocycles. The van der Waals surface area contributed by atoms with Crippen molar-refractivity contribution in [2.45, 2.75) is 25.9 Å². The molecule has 0 spiro atoms. The van der Waals surface area contributed by atoms with Crippen molar-refractivity contribution in [3.8, 4) is 11.4 Å². The molecule has 162 valence electrons. The van der Waals surface area contributed by atoms with Gasteiger partial charge in [-0.2, -0.15) is 0 Å². The lowest BCUT2D eigenvalue weighted by atomic mass is 9.98. The number of nitrogens with zero attached hydrogens (tertiary/aromatic N) is 5. The lowest BCUT2D eigenvalue weighted by Crippen LogP contribution is -2.56. The standard InChI is InChI=1S/C21H23ClN6O3/c1-5-20(30)27-9-12(2)28(13(3)29)18(10-27)14-6-16(26-19(22)7-14)15-8-17(21(31)23-4)25-11-24-15/h5-8,11-12,18H,1,9-10H2,2-4H3,(H,23,31)/t12-,18+/m0/s1. The van der Waals surface area contributed by atoms with Gasteiger partial charge >= 0.3 is 0 Å². The number of rotatable bonds is 4. The summed E-state index contributed by atoms with van der Waals surface area (Å²) >= 11 is 6.30. The van der Waals surface area contributed by atoms with E-state index < -0.39 is 6.04 Å². The van der Waals surface area contributed by atoms with Gasteiger partial charge in [0.25, 0.3) is 5.91 Å². The van der Waals surface area contributed by atoms with Crippen LogP contribution in [0.4, 0.5) is 0 Å². The van der Waals surface area contributed by atoms with E-state index in [1.165, 1.54) is 32.4 Å². The first kappa shape index (κ1) is 22.4. The van der Waals surface area contributed by atoms with Crippen LogP contribution in [0.2, 0.25) is 5.15 Å². The van der Waals surface area contributed by atoms with Crippen molar-refractivity contribution in [2.75, 3.05) is 20.1 Å². The molecule has 10 heteroatoms. The SMILES string of the molecule is C=CC(=O)N1C[C@H](c2cc(Cl)nc(-c3cc(C(=O)NC)ncn3)c2)N(C(C)=O)[C@@H](C)C1. The van der Waals surface area contributed by atoms with Gasteiger partial charge < -0.3 is 15.1 Å². The second kappa shape index (κ2) is 9.22. The Bertz CT molecular complexity index is 1040. The first-order valence-electron chi connectivity index (χ1n) is 9.67. The van der Waals surface area contributed by atoms with Crippen LogP contribution in [-0.4, -0.2) is 68.7 Å². The number of halogens is 1. The third-order valence-electron chi connectivity index (χ3n) is 5.13. The fourth-order valence-corrected chi connectivity index (χ4v) is 4.00. The topological polar surface area (TPSA) is 108 Å². The van der Waals surface area contributed by atoms with Crippen LogP contribution in [-0.2, 0) is 9.59 Å². The van der Waals surface area contributed by atoms with E-state index in [0.717, 1.165) is 0 Å². The van der Waals surface area contributed by atoms with Gasteiger partial charge in [0.2, 0.25) is 11.8 Å². The number of hydrogen-bond donors (Lipinski definition) is 1. The molecular weight excluding hydrogens is 420 g/mol. The van der Waals surface area contributed by atoms with Crippen LogP contribution >= 0.6 is 11.6 Å². The Morgan fingerprint density at radius 3 is 2.58 bits per heavy atom. The fraction of sp³-hybridized carbons (Fsp3) is 0.333. The summed E-state index contributed by atoms with van der Waals surface area (Å²) < 4.78 is 0. The van der Waals surface area contributed by atoms with E-state index in [1.807, 2.05) is 6.92 Å². The van der Waals surface area contributed by atoms with Crippen LogP contribution in [0, 0.1) is 0 Å². The molecule has 3 amide bonds. The van der Waals surface area contributed by atoms with Gasteiger partial charge in [-0.25, -0.2) is 15.0 Å². The highest BCUT2D eigenvalue weighted by molar-refractivity contribution is 6.29. The van der Waals surface area contributed by atoms with Crippen molar-refractivity contribution in [2.24, 2.45) is 0 Å². The Morgan fingerprint density at radius 2 is 1.94 bits per heavy atom. The largest absolute Gasteiger partial charge is 0.354 e. The minimum absolute atomic E-state index is 0.110. The lowest BCUT2D eigenvalue weighted by Gasteiger charge is -2.45. The first-order chi connectivity index (χ1) is 14.7. The molecule has 0 radical (unpaired) electrons. The Balaban J connectivity index is 2.06. The van der Waals surface area contributed by atoms with Crippen LogP contribution in [0.15, 0.2) is 37.2 Å². The number of hydrogen-bond acceptors (Lipinski definition) is 6. The number of amides is 3. The van der Waals surface area contributed by atoms with Crippen LogP contribution in [0.3, 0.4) is 0 Å². The predicted molar refractivity (Wildman–Crippen MR) is 115 cm³/mol. The molecule has 1 N–H and O–H groups in total. The van der Waals surface area contributed by atoms with Gasteiger partial charge in [-0.3, -0.25) is 14.4 Å². The molecule has 1 fully saturated rings. The zero-order valence-corrected chi connectivity index (χ0v) is 18.3. The molecule has 2 atom stereocenters. The smallest absolute Gasteiger partial charge is 0.269 e. The van der Waals surface area contributed by atoms with E-state index in [4.69, 9.17) is 11.6 Å². The van der Waals surface area contributed by atoms with Gasteiger partial charge in [-0.15, -0.1) is 0 Å². The lowest BCUT2D eigenvalue weighted by molar-refractivity contribution is -0.143. The molecule has 0 aliphatic carbocycles. The van der Waals surface area contributed by atoms with Crippen LogP contribution in [0.5, 0.6) is 0 Å². The van der Waals surface area contributed by atoms with Crippen molar-refractivity contribution < 1.29 is 14.4 Å². The van der Waals surface area contributed by atoms with Crippen LogP contribution < -0.4 is 5.32 Å². The molecule has 1 saturated heterocycles. The molecule has 9 nitrogen and oxygen atoms in total. The number of piperazine rings is 1. The Morgan fingerprint density at radius 1 is 1.19 bits per heavy atom. The minimum atomic E-state index is -0.426. The quantitative estimate of drug-likeness (QED) is 0.572. The summed E-state index contributed by atoms with van der Waals surface area (Å²) in [5.74, 6) is -0.665. The van der Waals surface area contributed by atoms with Crippen molar-refractivity contribution in [3.05, 3.63) is 53.6 Å². The number of aromatic nitrogens is 3. The predicted octanol–water partition coefficient (Wildman–Crippen LogP) is 1.86. The summed E-state index contributed by atoms with van der Waals surface area (Å²) in [5.41, 5.74) is 1.74. The minimum Gasteiger partial charge on any atom is -0.354 e. The van der Waals surface area contributed by atoms with Crippen molar-refractivity contribution >= 4 is 29.3 Å². The third kappa shape index (κ3) is 4.72. The molecule has 3 heterocycles. The van der Waals surface area contributed by atoms with E-state index in [1.54, 1.807) is 21.9 Å². The average molecular weight is 443 g/mol. The summed E-state index contributed by atoms with van der Waals surface area (Å²) in [5, 5.41) is 2.72. The maximum absolute atomic E-state index is 12.4. The van der Waals surface area contributed by atoms with Crippen molar-refractivity contribution in [1.29, 1.82) is 0 Å². The van der Waals surface area contributed by atoms with E-state index >= 15 is 0 Å². The normalized spacial score (nSPS) is 18.5. The Kier molecular flexibility index (Phi) is 6.65. The highest BCUT2D eigenvalue weighted by atomic mass is 35.5. The zero-order valence-electron chi connectivity index (χ0n) is 17.5. The van der Waals surface area contributed by atoms with Crippen molar-refractivity contribution in [3.63, 3.8) is 0 Å². The van der Waals surface area contributed by atoms with Gasteiger partial charge in [-0.1, -0.05) is 18.2 Å². The monoisotopic (exact) mass is 442 g/mol. The van der Waals surface area contributed by atoms with E-state index in [2.05, 4.69) is 26.8 Å². The zero-order chi connectivity index (χ0) is 22.7. The van der Waals surface area contributed by atoms with E-state index in [-0.39, 0.29) is 34.6 Å². The van der Waals surface area contributed by atoms with Gasteiger partial charge in [0.15, 0.2) is 0 Å². The average Bonchev–Trinajstić information content (AvgIpc) is 2.76. The molecule has 1 aliphatic rings. The van der Waals surface area contributed by atoms with E-state index in [0.29, 0.717) is 30.0 Å². The van der Waals surface area contributed by atoms with Crippen molar-refractivity contribution in [1.82, 2.24) is 30.1 Å². The third-order valence-corrected chi connectivity index (χ3v) is 5.32. The summed E-state index contributed by atoms with van der Waals surface area (Å²) in [7, 11) is 1.51. The number of pyridine rings is 1. The number of carbonyl (C=O) groups excluding carboxylic acids is 3. The molecule has 0 unspecified atom stereocenters. The molecule has 0 aromatic carbocycles. The molecule has 3 rings (SSSR count). The maximum atomic E-state index is 12.4. The summed E-state index contributed by atoms with van der Waals surface area (Å²) in [6.07, 6.45) is 2.54. The molecule has 31 heavy (non-hydrogen) atoms. The van der Waals surface area contributed by atoms with Crippen LogP contribution in [0.1, 0.15) is 35.9 Å². The highest BCUT2D eigenvalue weighted by Gasteiger charge is 2.36. The fourth-order valence-electron chi connectivity index (χ4n) is 3.78. The molecule has 2 aromatic rings. The first-order valence-corrected chi connectivity index (χ1v) is 10.0. The second-order valence-corrected chi connectivity index (χ2v) is 7.60. The second-order valence-electron chi connectivity index (χ2n) is 7.21. The number of nitrogens with one attached hydrogen (secondary N) is 1. The Hall–Kier alpha value is -3.33. The van der Waals surface area contributed by atoms with Gasteiger partial charge in [0.05, 0.1) is 17.4 Å². The number of carbonyl (C=O) groups is 3. The van der Waals surface area contributed by atoms with Gasteiger partial charge in [0, 0.05) is 33.1 Å². The highest BCUT2D eigenvalue weighted by Crippen LogP contribution is 2.32. The molecule has 1 aliphatic heterocycles. The molecule has 0 bridgehead atoms. The van der Waals surface area contributed by atoms with Gasteiger partial charge in [-0.05, 0) is 36.8 Å². The molecular formula is C21H23ClN6O3. The summed E-state index contributed by atoms with van der Waals surface area (Å²) in [6, 6.07) is 4.32. The summed E-state index contributed by atoms with van der Waals surface area (Å²) in [4.78, 5) is 52.5. The van der Waals surface area contributed by atoms with E-state index in [9.17, 15) is 14.4 Å².